The van der Waals surface area contributed by atoms with Crippen LogP contribution in [0.2, 0.25) is 0 Å². The quantitative estimate of drug-likeness (QED) is 0.722. The van der Waals surface area contributed by atoms with Crippen molar-refractivity contribution >= 4 is 5.97 Å². The van der Waals surface area contributed by atoms with Crippen LogP contribution in [0.25, 0.3) is 0 Å². The van der Waals surface area contributed by atoms with Crippen molar-refractivity contribution < 1.29 is 9.90 Å². The van der Waals surface area contributed by atoms with Gasteiger partial charge in [0.25, 0.3) is 0 Å². The van der Waals surface area contributed by atoms with Gasteiger partial charge in [-0.1, -0.05) is 18.1 Å². The molecular formula is C13H20O2. The number of hydrogen-bond acceptors (Lipinski definition) is 1. The number of carbonyl (C=O) groups is 1. The summed E-state index contributed by atoms with van der Waals surface area (Å²) in [5, 5.41) is 9.32. The van der Waals surface area contributed by atoms with E-state index in [1.54, 1.807) is 0 Å². The lowest BCUT2D eigenvalue weighted by Crippen LogP contribution is -2.54. The maximum absolute atomic E-state index is 11.3. The molecule has 0 amide bonds. The average Bonchev–Trinajstić information content (AvgIpc) is 1.98. The molecule has 15 heavy (non-hydrogen) atoms. The minimum atomic E-state index is -0.586. The van der Waals surface area contributed by atoms with Crippen LogP contribution in [-0.4, -0.2) is 11.1 Å². The molecule has 2 rings (SSSR count). The second-order valence-corrected chi connectivity index (χ2v) is 5.78. The molecule has 1 spiro atoms. The molecule has 2 nitrogen and oxygen atoms in total. The van der Waals surface area contributed by atoms with E-state index in [9.17, 15) is 9.90 Å². The molecule has 2 aliphatic rings. The maximum Gasteiger partial charge on any atom is 0.309 e. The Labute approximate surface area is 91.4 Å². The lowest BCUT2D eigenvalue weighted by molar-refractivity contribution is -0.174. The SMILES string of the molecule is CC(C)=CCC1(C(=O)O)CC2(CCC2)C1. The van der Waals surface area contributed by atoms with Crippen LogP contribution < -0.4 is 0 Å². The van der Waals surface area contributed by atoms with Gasteiger partial charge < -0.3 is 5.11 Å². The summed E-state index contributed by atoms with van der Waals surface area (Å²) in [5.74, 6) is -0.586. The average molecular weight is 208 g/mol. The molecule has 0 bridgehead atoms. The summed E-state index contributed by atoms with van der Waals surface area (Å²) in [4.78, 5) is 11.3. The van der Waals surface area contributed by atoms with Gasteiger partial charge in [0.05, 0.1) is 5.41 Å². The number of carboxylic acid groups (broad SMARTS) is 1. The summed E-state index contributed by atoms with van der Waals surface area (Å²) in [5.41, 5.74) is 1.25. The van der Waals surface area contributed by atoms with Gasteiger partial charge in [-0.2, -0.15) is 0 Å². The van der Waals surface area contributed by atoms with Gasteiger partial charge in [-0.15, -0.1) is 0 Å². The molecule has 0 radical (unpaired) electrons. The Balaban J connectivity index is 2.02. The monoisotopic (exact) mass is 208 g/mol. The third-order valence-corrected chi connectivity index (χ3v) is 4.20. The van der Waals surface area contributed by atoms with Gasteiger partial charge in [-0.3, -0.25) is 4.79 Å². The minimum absolute atomic E-state index is 0.419. The molecule has 84 valence electrons. The van der Waals surface area contributed by atoms with E-state index in [0.29, 0.717) is 5.41 Å². The minimum Gasteiger partial charge on any atom is -0.481 e. The maximum atomic E-state index is 11.3. The second-order valence-electron chi connectivity index (χ2n) is 5.78. The number of aliphatic carboxylic acids is 1. The second kappa shape index (κ2) is 3.36. The first-order valence-electron chi connectivity index (χ1n) is 5.85. The van der Waals surface area contributed by atoms with E-state index in [1.165, 1.54) is 24.8 Å². The fourth-order valence-electron chi connectivity index (χ4n) is 3.20. The zero-order valence-corrected chi connectivity index (χ0v) is 9.68. The Kier molecular flexibility index (Phi) is 2.40. The van der Waals surface area contributed by atoms with Crippen LogP contribution in [0.5, 0.6) is 0 Å². The van der Waals surface area contributed by atoms with E-state index in [2.05, 4.69) is 6.08 Å². The Morgan fingerprint density at radius 2 is 1.93 bits per heavy atom. The van der Waals surface area contributed by atoms with Crippen molar-refractivity contribution in [2.24, 2.45) is 10.8 Å². The fourth-order valence-corrected chi connectivity index (χ4v) is 3.20. The van der Waals surface area contributed by atoms with E-state index in [1.807, 2.05) is 13.8 Å². The molecular weight excluding hydrogens is 188 g/mol. The molecule has 0 aromatic rings. The molecule has 2 aliphatic carbocycles. The standard InChI is InChI=1S/C13H20O2/c1-10(2)4-7-13(11(14)15)8-12(9-13)5-3-6-12/h4H,3,5-9H2,1-2H3,(H,14,15). The van der Waals surface area contributed by atoms with Crippen molar-refractivity contribution in [3.63, 3.8) is 0 Å². The van der Waals surface area contributed by atoms with Crippen LogP contribution in [0, 0.1) is 10.8 Å². The first-order valence-corrected chi connectivity index (χ1v) is 5.85. The molecule has 0 heterocycles. The van der Waals surface area contributed by atoms with Crippen molar-refractivity contribution in [2.75, 3.05) is 0 Å². The molecule has 0 atom stereocenters. The van der Waals surface area contributed by atoms with Crippen LogP contribution in [0.15, 0.2) is 11.6 Å². The molecule has 1 N–H and O–H groups in total. The smallest absolute Gasteiger partial charge is 0.309 e. The van der Waals surface area contributed by atoms with Crippen molar-refractivity contribution in [1.82, 2.24) is 0 Å². The first-order chi connectivity index (χ1) is 6.98. The van der Waals surface area contributed by atoms with Gasteiger partial charge in [0.1, 0.15) is 0 Å². The molecule has 0 aromatic carbocycles. The van der Waals surface area contributed by atoms with Gasteiger partial charge in [-0.05, 0) is 51.4 Å². The Bertz CT molecular complexity index is 298. The van der Waals surface area contributed by atoms with Crippen molar-refractivity contribution in [1.29, 1.82) is 0 Å². The molecule has 0 aliphatic heterocycles. The van der Waals surface area contributed by atoms with E-state index in [0.717, 1.165) is 19.3 Å². The Morgan fingerprint density at radius 1 is 1.33 bits per heavy atom. The summed E-state index contributed by atoms with van der Waals surface area (Å²) < 4.78 is 0. The molecule has 0 aromatic heterocycles. The molecule has 0 saturated heterocycles. The van der Waals surface area contributed by atoms with Gasteiger partial charge >= 0.3 is 5.97 Å². The third-order valence-electron chi connectivity index (χ3n) is 4.20. The summed E-state index contributed by atoms with van der Waals surface area (Å²) in [6.45, 7) is 4.07. The highest BCUT2D eigenvalue weighted by Crippen LogP contribution is 2.65. The van der Waals surface area contributed by atoms with Gasteiger partial charge in [0.15, 0.2) is 0 Å². The highest BCUT2D eigenvalue weighted by molar-refractivity contribution is 5.76. The third kappa shape index (κ3) is 1.70. The van der Waals surface area contributed by atoms with Gasteiger partial charge in [-0.25, -0.2) is 0 Å². The van der Waals surface area contributed by atoms with Crippen LogP contribution in [0.1, 0.15) is 52.4 Å². The zero-order valence-electron chi connectivity index (χ0n) is 9.68. The van der Waals surface area contributed by atoms with Crippen LogP contribution in [0.3, 0.4) is 0 Å². The molecule has 0 unspecified atom stereocenters. The first kappa shape index (κ1) is 10.7. The van der Waals surface area contributed by atoms with Crippen LogP contribution in [-0.2, 0) is 4.79 Å². The van der Waals surface area contributed by atoms with E-state index in [4.69, 9.17) is 0 Å². The van der Waals surface area contributed by atoms with E-state index < -0.39 is 11.4 Å². The lowest BCUT2D eigenvalue weighted by atomic mass is 9.44. The summed E-state index contributed by atoms with van der Waals surface area (Å²) in [7, 11) is 0. The Morgan fingerprint density at radius 3 is 2.27 bits per heavy atom. The van der Waals surface area contributed by atoms with Gasteiger partial charge in [0.2, 0.25) is 0 Å². The highest BCUT2D eigenvalue weighted by Gasteiger charge is 2.60. The van der Waals surface area contributed by atoms with Crippen molar-refractivity contribution in [3.05, 3.63) is 11.6 Å². The summed E-state index contributed by atoms with van der Waals surface area (Å²) >= 11 is 0. The summed E-state index contributed by atoms with van der Waals surface area (Å²) in [6, 6.07) is 0. The normalized spacial score (nSPS) is 25.2. The molecule has 2 fully saturated rings. The van der Waals surface area contributed by atoms with Crippen LogP contribution >= 0.6 is 0 Å². The fraction of sp³-hybridized carbons (Fsp3) is 0.769. The largest absolute Gasteiger partial charge is 0.481 e. The predicted molar refractivity (Wildman–Crippen MR) is 59.6 cm³/mol. The molecule has 2 heteroatoms. The number of hydrogen-bond donors (Lipinski definition) is 1. The molecule has 2 saturated carbocycles. The zero-order chi connectivity index (χ0) is 11.1. The lowest BCUT2D eigenvalue weighted by Gasteiger charge is -2.59. The van der Waals surface area contributed by atoms with E-state index in [-0.39, 0.29) is 0 Å². The number of allylic oxidation sites excluding steroid dienone is 2. The Hall–Kier alpha value is -0.790. The van der Waals surface area contributed by atoms with E-state index >= 15 is 0 Å². The topological polar surface area (TPSA) is 37.3 Å². The predicted octanol–water partition coefficient (Wildman–Crippen LogP) is 3.38. The van der Waals surface area contributed by atoms with Crippen LogP contribution in [0.4, 0.5) is 0 Å². The highest BCUT2D eigenvalue weighted by atomic mass is 16.4. The van der Waals surface area contributed by atoms with Gasteiger partial charge in [0, 0.05) is 0 Å². The number of carboxylic acids is 1. The van der Waals surface area contributed by atoms with Crippen molar-refractivity contribution in [3.8, 4) is 0 Å². The van der Waals surface area contributed by atoms with Crippen molar-refractivity contribution in [2.45, 2.75) is 52.4 Å². The number of rotatable bonds is 3. The summed E-state index contributed by atoms with van der Waals surface area (Å²) in [6.07, 6.45) is 8.47.